The van der Waals surface area contributed by atoms with Crippen molar-refractivity contribution in [1.29, 1.82) is 0 Å². The molecule has 0 radical (unpaired) electrons. The first-order valence-electron chi connectivity index (χ1n) is 10.1. The van der Waals surface area contributed by atoms with Crippen molar-refractivity contribution in [3.63, 3.8) is 0 Å². The molecule has 2 heterocycles. The minimum absolute atomic E-state index is 0.0822. The second-order valence-electron chi connectivity index (χ2n) is 7.75. The zero-order valence-corrected chi connectivity index (χ0v) is 17.5. The van der Waals surface area contributed by atoms with Crippen LogP contribution in [0.4, 0.5) is 13.2 Å². The van der Waals surface area contributed by atoms with Crippen LogP contribution in [0.2, 0.25) is 0 Å². The molecule has 10 heteroatoms. The second kappa shape index (κ2) is 8.51. The number of carbonyl (C=O) groups is 3. The van der Waals surface area contributed by atoms with Crippen LogP contribution in [0.3, 0.4) is 0 Å². The average Bonchev–Trinajstić information content (AvgIpc) is 3.26. The summed E-state index contributed by atoms with van der Waals surface area (Å²) in [5.41, 5.74) is -3.22. The number of hydrogen-bond donors (Lipinski definition) is 0. The van der Waals surface area contributed by atoms with E-state index in [1.807, 2.05) is 0 Å². The van der Waals surface area contributed by atoms with Crippen LogP contribution in [0, 0.1) is 0 Å². The summed E-state index contributed by atoms with van der Waals surface area (Å²) in [5, 5.41) is 0. The molecule has 0 aliphatic carbocycles. The Morgan fingerprint density at radius 3 is 2.24 bits per heavy atom. The molecule has 2 aromatic carbocycles. The van der Waals surface area contributed by atoms with Crippen LogP contribution in [0.1, 0.15) is 17.5 Å². The van der Waals surface area contributed by atoms with Crippen LogP contribution in [0.15, 0.2) is 60.7 Å². The van der Waals surface area contributed by atoms with Crippen molar-refractivity contribution in [1.82, 2.24) is 4.90 Å². The lowest BCUT2D eigenvalue weighted by atomic mass is 9.92. The van der Waals surface area contributed by atoms with Gasteiger partial charge in [0.05, 0.1) is 12.5 Å². The smallest absolute Gasteiger partial charge is 0.432 e. The number of likely N-dealkylation sites (tertiary alicyclic amines) is 1. The molecule has 174 valence electrons. The molecule has 2 aromatic rings. The molecule has 1 unspecified atom stereocenters. The summed E-state index contributed by atoms with van der Waals surface area (Å²) in [6.07, 6.45) is -8.28. The maximum Gasteiger partial charge on any atom is 0.432 e. The minimum atomic E-state index is -5.20. The van der Waals surface area contributed by atoms with Crippen molar-refractivity contribution >= 4 is 17.8 Å². The van der Waals surface area contributed by atoms with Crippen molar-refractivity contribution in [2.24, 2.45) is 0 Å². The highest BCUT2D eigenvalue weighted by molar-refractivity contribution is 5.92. The molecule has 0 saturated carbocycles. The molecule has 0 aromatic heterocycles. The van der Waals surface area contributed by atoms with Crippen LogP contribution in [0.25, 0.3) is 0 Å². The molecule has 33 heavy (non-hydrogen) atoms. The number of ether oxygens (including phenoxy) is 3. The summed E-state index contributed by atoms with van der Waals surface area (Å²) >= 11 is 0. The number of nitrogens with zero attached hydrogens (tertiary/aromatic N) is 1. The van der Waals surface area contributed by atoms with Gasteiger partial charge in [-0.15, -0.1) is 0 Å². The third-order valence-electron chi connectivity index (χ3n) is 5.85. The Kier molecular flexibility index (Phi) is 5.87. The SMILES string of the molecule is COC(C(=O)O[C@@H]1C(=O)N(Cc2ccccc2)[C@@H]2CC(=O)O[C@H]12)(c1ccccc1)C(F)(F)F. The van der Waals surface area contributed by atoms with Crippen LogP contribution < -0.4 is 0 Å². The van der Waals surface area contributed by atoms with E-state index in [0.29, 0.717) is 0 Å². The van der Waals surface area contributed by atoms with Crippen molar-refractivity contribution in [2.75, 3.05) is 7.11 Å². The molecule has 2 aliphatic heterocycles. The minimum Gasteiger partial charge on any atom is -0.456 e. The predicted octanol–water partition coefficient (Wildman–Crippen LogP) is 2.73. The lowest BCUT2D eigenvalue weighted by Crippen LogP contribution is -2.53. The standard InChI is InChI=1S/C23H20F3NO6/c1-31-22(23(24,25)26,15-10-6-3-7-11-15)21(30)33-19-18-16(12-17(28)32-18)27(20(19)29)13-14-8-4-2-5-9-14/h2-11,16,18-19H,12-13H2,1H3/t16-,18+,19+,22?/m1/s1. The zero-order chi connectivity index (χ0) is 23.8. The highest BCUT2D eigenvalue weighted by Crippen LogP contribution is 2.44. The Bertz CT molecular complexity index is 1050. The van der Waals surface area contributed by atoms with E-state index in [1.165, 1.54) is 23.1 Å². The first-order valence-corrected chi connectivity index (χ1v) is 10.1. The fourth-order valence-electron chi connectivity index (χ4n) is 4.26. The Morgan fingerprint density at radius 1 is 1.06 bits per heavy atom. The maximum atomic E-state index is 14.2. The van der Waals surface area contributed by atoms with E-state index in [2.05, 4.69) is 0 Å². The number of amides is 1. The number of fused-ring (bicyclic) bond motifs is 1. The van der Waals surface area contributed by atoms with Crippen LogP contribution in [-0.4, -0.2) is 54.3 Å². The summed E-state index contributed by atoms with van der Waals surface area (Å²) in [5.74, 6) is -3.19. The quantitative estimate of drug-likeness (QED) is 0.613. The van der Waals surface area contributed by atoms with Crippen molar-refractivity contribution in [2.45, 2.75) is 43.0 Å². The van der Waals surface area contributed by atoms with Gasteiger partial charge in [-0.25, -0.2) is 4.79 Å². The first-order chi connectivity index (χ1) is 15.7. The number of carbonyl (C=O) groups excluding carboxylic acids is 3. The van der Waals surface area contributed by atoms with Gasteiger partial charge in [-0.1, -0.05) is 60.7 Å². The molecule has 0 bridgehead atoms. The topological polar surface area (TPSA) is 82.1 Å². The van der Waals surface area contributed by atoms with Crippen molar-refractivity contribution < 1.29 is 41.8 Å². The predicted molar refractivity (Wildman–Crippen MR) is 106 cm³/mol. The van der Waals surface area contributed by atoms with Gasteiger partial charge in [0.15, 0.2) is 6.10 Å². The van der Waals surface area contributed by atoms with E-state index < -0.39 is 53.4 Å². The number of hydrogen-bond acceptors (Lipinski definition) is 6. The monoisotopic (exact) mass is 463 g/mol. The molecule has 2 fully saturated rings. The van der Waals surface area contributed by atoms with E-state index >= 15 is 0 Å². The molecule has 1 amide bonds. The van der Waals surface area contributed by atoms with Gasteiger partial charge in [0.25, 0.3) is 11.5 Å². The van der Waals surface area contributed by atoms with Gasteiger partial charge >= 0.3 is 18.1 Å². The van der Waals surface area contributed by atoms with E-state index in [1.54, 1.807) is 30.3 Å². The number of methoxy groups -OCH3 is 1. The molecule has 2 aliphatic rings. The van der Waals surface area contributed by atoms with Gasteiger partial charge in [0.1, 0.15) is 0 Å². The van der Waals surface area contributed by atoms with Gasteiger partial charge in [0.2, 0.25) is 6.10 Å². The number of benzene rings is 2. The number of esters is 2. The Labute approximate surface area is 187 Å². The molecule has 0 spiro atoms. The van der Waals surface area contributed by atoms with Gasteiger partial charge in [0, 0.05) is 19.2 Å². The molecular formula is C23H20F3NO6. The van der Waals surface area contributed by atoms with E-state index in [4.69, 9.17) is 14.2 Å². The zero-order valence-electron chi connectivity index (χ0n) is 17.5. The summed E-state index contributed by atoms with van der Waals surface area (Å²) in [7, 11) is 0.734. The number of halogens is 3. The maximum absolute atomic E-state index is 14.2. The van der Waals surface area contributed by atoms with Gasteiger partial charge in [-0.2, -0.15) is 13.2 Å². The second-order valence-corrected chi connectivity index (χ2v) is 7.75. The normalized spacial score (nSPS) is 24.2. The summed E-state index contributed by atoms with van der Waals surface area (Å²) in [6.45, 7) is 0.0822. The first kappa shape index (κ1) is 22.8. The molecule has 7 nitrogen and oxygen atoms in total. The Balaban J connectivity index is 1.66. The number of rotatable bonds is 6. The third kappa shape index (κ3) is 3.84. The van der Waals surface area contributed by atoms with E-state index in [0.717, 1.165) is 24.8 Å². The number of alkyl halides is 3. The Morgan fingerprint density at radius 2 is 1.67 bits per heavy atom. The summed E-state index contributed by atoms with van der Waals surface area (Å²) in [6, 6.07) is 14.3. The fraction of sp³-hybridized carbons (Fsp3) is 0.348. The highest BCUT2D eigenvalue weighted by atomic mass is 19.4. The fourth-order valence-corrected chi connectivity index (χ4v) is 4.26. The van der Waals surface area contributed by atoms with Crippen LogP contribution in [-0.2, 0) is 40.7 Å². The molecule has 0 N–H and O–H groups in total. The molecule has 2 saturated heterocycles. The largest absolute Gasteiger partial charge is 0.456 e. The lowest BCUT2D eigenvalue weighted by molar-refractivity contribution is -0.278. The molecular weight excluding hydrogens is 443 g/mol. The lowest BCUT2D eigenvalue weighted by Gasteiger charge is -2.33. The van der Waals surface area contributed by atoms with Crippen molar-refractivity contribution in [3.05, 3.63) is 71.8 Å². The van der Waals surface area contributed by atoms with Gasteiger partial charge in [-0.05, 0) is 5.56 Å². The summed E-state index contributed by atoms with van der Waals surface area (Å²) < 4.78 is 57.5. The highest BCUT2D eigenvalue weighted by Gasteiger charge is 2.66. The van der Waals surface area contributed by atoms with Gasteiger partial charge in [-0.3, -0.25) is 9.59 Å². The van der Waals surface area contributed by atoms with Crippen LogP contribution in [0.5, 0.6) is 0 Å². The van der Waals surface area contributed by atoms with Gasteiger partial charge < -0.3 is 19.1 Å². The van der Waals surface area contributed by atoms with E-state index in [-0.39, 0.29) is 13.0 Å². The Hall–Kier alpha value is -3.40. The summed E-state index contributed by atoms with van der Waals surface area (Å²) in [4.78, 5) is 39.3. The third-order valence-corrected chi connectivity index (χ3v) is 5.85. The van der Waals surface area contributed by atoms with E-state index in [9.17, 15) is 27.6 Å². The molecule has 4 atom stereocenters. The average molecular weight is 463 g/mol. The molecule has 4 rings (SSSR count). The van der Waals surface area contributed by atoms with Crippen LogP contribution >= 0.6 is 0 Å². The van der Waals surface area contributed by atoms with Crippen molar-refractivity contribution in [3.8, 4) is 0 Å².